The van der Waals surface area contributed by atoms with Crippen molar-refractivity contribution in [1.29, 1.82) is 0 Å². The zero-order chi connectivity index (χ0) is 15.6. The number of carbonyl (C=O) groups is 2. The third-order valence-corrected chi connectivity index (χ3v) is 3.27. The highest BCUT2D eigenvalue weighted by molar-refractivity contribution is 6.29. The summed E-state index contributed by atoms with van der Waals surface area (Å²) in [7, 11) is 0. The van der Waals surface area contributed by atoms with E-state index in [1.54, 1.807) is 51.1 Å². The van der Waals surface area contributed by atoms with Crippen molar-refractivity contribution < 1.29 is 14.3 Å². The fourth-order valence-corrected chi connectivity index (χ4v) is 1.81. The number of carbonyl (C=O) groups excluding carboxylic acids is 2. The monoisotopic (exact) mass is 305 g/mol. The lowest BCUT2D eigenvalue weighted by molar-refractivity contribution is -0.129. The summed E-state index contributed by atoms with van der Waals surface area (Å²) in [6.45, 7) is 5.14. The van der Waals surface area contributed by atoms with Gasteiger partial charge in [-0.3, -0.25) is 4.79 Å². The van der Waals surface area contributed by atoms with Crippen molar-refractivity contribution in [2.45, 2.75) is 20.8 Å². The van der Waals surface area contributed by atoms with Gasteiger partial charge in [0.05, 0.1) is 11.1 Å². The number of hydrogen-bond donors (Lipinski definition) is 0. The largest absolute Gasteiger partial charge is 0.454 e. The van der Waals surface area contributed by atoms with Crippen molar-refractivity contribution >= 4 is 34.3 Å². The van der Waals surface area contributed by atoms with Gasteiger partial charge in [0.1, 0.15) is 5.15 Å². The summed E-state index contributed by atoms with van der Waals surface area (Å²) in [5, 5.41) is 1.18. The Morgan fingerprint density at radius 2 is 1.90 bits per heavy atom. The van der Waals surface area contributed by atoms with Crippen molar-refractivity contribution in [2.24, 2.45) is 5.41 Å². The summed E-state index contributed by atoms with van der Waals surface area (Å²) in [5.41, 5.74) is 0.558. The van der Waals surface area contributed by atoms with Crippen LogP contribution in [0.4, 0.5) is 0 Å². The minimum Gasteiger partial charge on any atom is -0.454 e. The van der Waals surface area contributed by atoms with Crippen molar-refractivity contribution in [1.82, 2.24) is 4.98 Å². The minimum absolute atomic E-state index is 0.120. The first-order valence-electron chi connectivity index (χ1n) is 6.54. The molecular formula is C16H16ClNO3. The molecule has 2 rings (SSSR count). The second-order valence-electron chi connectivity index (χ2n) is 5.79. The van der Waals surface area contributed by atoms with E-state index in [1.165, 1.54) is 0 Å². The lowest BCUT2D eigenvalue weighted by Crippen LogP contribution is -2.26. The number of fused-ring (bicyclic) bond motifs is 1. The molecule has 0 atom stereocenters. The van der Waals surface area contributed by atoms with E-state index >= 15 is 0 Å². The molecule has 0 aliphatic rings. The number of benzene rings is 1. The number of ketones is 1. The quantitative estimate of drug-likeness (QED) is 0.641. The molecule has 1 heterocycles. The molecule has 0 saturated carbocycles. The number of pyridine rings is 1. The van der Waals surface area contributed by atoms with Crippen LogP contribution in [-0.4, -0.2) is 23.3 Å². The van der Waals surface area contributed by atoms with Crippen molar-refractivity contribution in [3.63, 3.8) is 0 Å². The van der Waals surface area contributed by atoms with Crippen LogP contribution in [0.1, 0.15) is 31.1 Å². The van der Waals surface area contributed by atoms with E-state index in [1.807, 2.05) is 0 Å². The molecule has 0 radical (unpaired) electrons. The van der Waals surface area contributed by atoms with Crippen LogP contribution >= 0.6 is 11.6 Å². The molecule has 0 amide bonds. The molecule has 0 aliphatic carbocycles. The van der Waals surface area contributed by atoms with Crippen molar-refractivity contribution in [2.75, 3.05) is 6.61 Å². The van der Waals surface area contributed by atoms with Gasteiger partial charge in [0.15, 0.2) is 12.4 Å². The molecule has 4 nitrogen and oxygen atoms in total. The number of Topliss-reactive ketones (excluding diaryl/α,β-unsaturated/α-hetero) is 1. The molecule has 0 aliphatic heterocycles. The Bertz CT molecular complexity index is 704. The predicted molar refractivity (Wildman–Crippen MR) is 81.5 cm³/mol. The SMILES string of the molecule is CC(C)(C)C(=O)COC(=O)c1ccc2nc(Cl)ccc2c1. The molecule has 0 N–H and O–H groups in total. The zero-order valence-corrected chi connectivity index (χ0v) is 12.9. The van der Waals surface area contributed by atoms with Crippen LogP contribution in [-0.2, 0) is 9.53 Å². The summed E-state index contributed by atoms with van der Waals surface area (Å²) in [6, 6.07) is 8.41. The van der Waals surface area contributed by atoms with Gasteiger partial charge < -0.3 is 4.74 Å². The maximum atomic E-state index is 12.0. The molecule has 0 fully saturated rings. The second-order valence-corrected chi connectivity index (χ2v) is 6.18. The molecule has 2 aromatic rings. The number of hydrogen-bond acceptors (Lipinski definition) is 4. The summed E-state index contributed by atoms with van der Waals surface area (Å²) < 4.78 is 5.05. The summed E-state index contributed by atoms with van der Waals surface area (Å²) in [5.74, 6) is -0.644. The Morgan fingerprint density at radius 1 is 1.19 bits per heavy atom. The van der Waals surface area contributed by atoms with Gasteiger partial charge in [-0.15, -0.1) is 0 Å². The average molecular weight is 306 g/mol. The minimum atomic E-state index is -0.524. The molecule has 0 bridgehead atoms. The van der Waals surface area contributed by atoms with Crippen LogP contribution < -0.4 is 0 Å². The number of esters is 1. The van der Waals surface area contributed by atoms with E-state index < -0.39 is 11.4 Å². The molecule has 0 unspecified atom stereocenters. The van der Waals surface area contributed by atoms with Gasteiger partial charge in [-0.05, 0) is 30.3 Å². The Balaban J connectivity index is 2.13. The van der Waals surface area contributed by atoms with Gasteiger partial charge in [-0.2, -0.15) is 0 Å². The fraction of sp³-hybridized carbons (Fsp3) is 0.312. The maximum Gasteiger partial charge on any atom is 0.338 e. The highest BCUT2D eigenvalue weighted by Crippen LogP contribution is 2.18. The van der Waals surface area contributed by atoms with E-state index in [0.29, 0.717) is 16.2 Å². The van der Waals surface area contributed by atoms with Crippen LogP contribution in [0.15, 0.2) is 30.3 Å². The Hall–Kier alpha value is -1.94. The normalized spacial score (nSPS) is 11.4. The van der Waals surface area contributed by atoms with Crippen molar-refractivity contribution in [3.05, 3.63) is 41.0 Å². The topological polar surface area (TPSA) is 56.3 Å². The second kappa shape index (κ2) is 5.82. The number of halogens is 1. The van der Waals surface area contributed by atoms with Crippen LogP contribution in [0.5, 0.6) is 0 Å². The number of aromatic nitrogens is 1. The lowest BCUT2D eigenvalue weighted by atomic mass is 9.91. The standard InChI is InChI=1S/C16H16ClNO3/c1-16(2,3)13(19)9-21-15(20)11-4-6-12-10(8-11)5-7-14(17)18-12/h4-8H,9H2,1-3H3. The molecular weight excluding hydrogens is 290 g/mol. The lowest BCUT2D eigenvalue weighted by Gasteiger charge is -2.16. The van der Waals surface area contributed by atoms with E-state index in [9.17, 15) is 9.59 Å². The molecule has 1 aromatic heterocycles. The van der Waals surface area contributed by atoms with Gasteiger partial charge in [-0.1, -0.05) is 32.4 Å². The summed E-state index contributed by atoms with van der Waals surface area (Å²) in [6.07, 6.45) is 0. The van der Waals surface area contributed by atoms with Gasteiger partial charge >= 0.3 is 5.97 Å². The van der Waals surface area contributed by atoms with E-state index in [0.717, 1.165) is 5.39 Å². The van der Waals surface area contributed by atoms with Gasteiger partial charge in [0.25, 0.3) is 0 Å². The number of rotatable bonds is 3. The van der Waals surface area contributed by atoms with Gasteiger partial charge in [-0.25, -0.2) is 9.78 Å². The maximum absolute atomic E-state index is 12.0. The summed E-state index contributed by atoms with van der Waals surface area (Å²) >= 11 is 5.81. The van der Waals surface area contributed by atoms with E-state index in [-0.39, 0.29) is 12.4 Å². The van der Waals surface area contributed by atoms with Crippen LogP contribution in [0, 0.1) is 5.41 Å². The molecule has 110 valence electrons. The zero-order valence-electron chi connectivity index (χ0n) is 12.1. The number of nitrogens with zero attached hydrogens (tertiary/aromatic N) is 1. The highest BCUT2D eigenvalue weighted by Gasteiger charge is 2.22. The molecule has 0 spiro atoms. The average Bonchev–Trinajstić information content (AvgIpc) is 2.42. The predicted octanol–water partition coefficient (Wildman–Crippen LogP) is 3.66. The number of ether oxygens (including phenoxy) is 1. The first kappa shape index (κ1) is 15.4. The molecule has 1 aromatic carbocycles. The molecule has 21 heavy (non-hydrogen) atoms. The highest BCUT2D eigenvalue weighted by atomic mass is 35.5. The van der Waals surface area contributed by atoms with E-state index in [4.69, 9.17) is 16.3 Å². The van der Waals surface area contributed by atoms with Gasteiger partial charge in [0.2, 0.25) is 0 Å². The van der Waals surface area contributed by atoms with Crippen LogP contribution in [0.3, 0.4) is 0 Å². The first-order chi connectivity index (χ1) is 9.77. The molecule has 5 heteroatoms. The Labute approximate surface area is 128 Å². The smallest absolute Gasteiger partial charge is 0.338 e. The third-order valence-electron chi connectivity index (χ3n) is 3.06. The molecule has 0 saturated heterocycles. The van der Waals surface area contributed by atoms with Gasteiger partial charge in [0, 0.05) is 10.8 Å². The first-order valence-corrected chi connectivity index (χ1v) is 6.92. The third kappa shape index (κ3) is 3.79. The Kier molecular flexibility index (Phi) is 4.28. The van der Waals surface area contributed by atoms with Crippen LogP contribution in [0.25, 0.3) is 10.9 Å². The Morgan fingerprint density at radius 3 is 2.57 bits per heavy atom. The van der Waals surface area contributed by atoms with Crippen LogP contribution in [0.2, 0.25) is 5.15 Å². The van der Waals surface area contributed by atoms with Crippen molar-refractivity contribution in [3.8, 4) is 0 Å². The summed E-state index contributed by atoms with van der Waals surface area (Å²) in [4.78, 5) is 27.9. The van der Waals surface area contributed by atoms with E-state index in [2.05, 4.69) is 4.98 Å². The fourth-order valence-electron chi connectivity index (χ4n) is 1.66.